The monoisotopic (exact) mass is 482 g/mol. The molecule has 0 unspecified atom stereocenters. The van der Waals surface area contributed by atoms with Gasteiger partial charge in [0.05, 0.1) is 20.5 Å². The highest BCUT2D eigenvalue weighted by Crippen LogP contribution is 2.28. The Morgan fingerprint density at radius 3 is 2.29 bits per heavy atom. The van der Waals surface area contributed by atoms with Gasteiger partial charge in [0.2, 0.25) is 10.0 Å². The summed E-state index contributed by atoms with van der Waals surface area (Å²) in [5.41, 5.74) is 0.574. The number of piperazine rings is 1. The summed E-state index contributed by atoms with van der Waals surface area (Å²) < 4.78 is 27.3. The van der Waals surface area contributed by atoms with E-state index in [0.717, 1.165) is 31.7 Å². The zero-order valence-electron chi connectivity index (χ0n) is 17.0. The molecule has 0 atom stereocenters. The molecule has 31 heavy (non-hydrogen) atoms. The maximum absolute atomic E-state index is 13.2. The molecule has 2 aromatic rings. The van der Waals surface area contributed by atoms with E-state index in [4.69, 9.17) is 23.2 Å². The topological polar surface area (TPSA) is 73.8 Å². The summed E-state index contributed by atoms with van der Waals surface area (Å²) in [6.45, 7) is 2.85. The quantitative estimate of drug-likeness (QED) is 0.666. The normalized spacial score (nSPS) is 18.3. The van der Waals surface area contributed by atoms with Crippen LogP contribution in [0.4, 0.5) is 5.82 Å². The fraction of sp³-hybridized carbons (Fsp3) is 0.429. The van der Waals surface area contributed by atoms with Crippen molar-refractivity contribution in [3.8, 4) is 0 Å². The van der Waals surface area contributed by atoms with Crippen molar-refractivity contribution in [2.24, 2.45) is 0 Å². The molecule has 0 saturated carbocycles. The van der Waals surface area contributed by atoms with Crippen LogP contribution in [-0.4, -0.2) is 67.8 Å². The van der Waals surface area contributed by atoms with Gasteiger partial charge < -0.3 is 9.80 Å². The van der Waals surface area contributed by atoms with E-state index in [2.05, 4.69) is 9.88 Å². The van der Waals surface area contributed by atoms with Crippen molar-refractivity contribution in [1.82, 2.24) is 14.2 Å². The molecule has 0 aliphatic carbocycles. The second-order valence-corrected chi connectivity index (χ2v) is 10.4. The van der Waals surface area contributed by atoms with Crippen LogP contribution in [0.1, 0.15) is 29.6 Å². The van der Waals surface area contributed by atoms with Crippen molar-refractivity contribution in [2.75, 3.05) is 44.2 Å². The molecule has 0 bridgehead atoms. The Labute approximate surface area is 192 Å². The minimum atomic E-state index is -3.71. The summed E-state index contributed by atoms with van der Waals surface area (Å²) >= 11 is 11.9. The lowest BCUT2D eigenvalue weighted by atomic mass is 10.1. The van der Waals surface area contributed by atoms with Gasteiger partial charge in [-0.15, -0.1) is 0 Å². The Hall–Kier alpha value is -1.87. The number of carbonyl (C=O) groups excluding carboxylic acids is 1. The molecule has 0 spiro atoms. The number of carbonyl (C=O) groups is 1. The number of hydrogen-bond donors (Lipinski definition) is 0. The van der Waals surface area contributed by atoms with Crippen LogP contribution in [0.5, 0.6) is 0 Å². The third-order valence-electron chi connectivity index (χ3n) is 5.73. The van der Waals surface area contributed by atoms with E-state index in [-0.39, 0.29) is 28.9 Å². The van der Waals surface area contributed by atoms with Gasteiger partial charge in [0.1, 0.15) is 5.82 Å². The molecule has 2 fully saturated rings. The van der Waals surface area contributed by atoms with Crippen molar-refractivity contribution < 1.29 is 13.2 Å². The molecular weight excluding hydrogens is 459 g/mol. The SMILES string of the molecule is O=C(c1cccnc1N1CCCCC1)N1CCN(S(=O)(=O)c2ccc(Cl)c(Cl)c2)CC1. The van der Waals surface area contributed by atoms with Crippen LogP contribution in [0.15, 0.2) is 41.4 Å². The van der Waals surface area contributed by atoms with E-state index in [9.17, 15) is 13.2 Å². The zero-order chi connectivity index (χ0) is 22.0. The molecule has 4 rings (SSSR count). The number of piperidine rings is 1. The van der Waals surface area contributed by atoms with Crippen molar-refractivity contribution in [3.63, 3.8) is 0 Å². The summed E-state index contributed by atoms with van der Waals surface area (Å²) in [6, 6.07) is 7.85. The van der Waals surface area contributed by atoms with Crippen molar-refractivity contribution in [1.29, 1.82) is 0 Å². The van der Waals surface area contributed by atoms with Crippen LogP contribution in [0, 0.1) is 0 Å². The second-order valence-electron chi connectivity index (χ2n) is 7.69. The number of benzene rings is 1. The Bertz CT molecular complexity index is 1070. The van der Waals surface area contributed by atoms with Gasteiger partial charge in [-0.2, -0.15) is 4.31 Å². The molecule has 2 saturated heterocycles. The Kier molecular flexibility index (Phi) is 6.71. The maximum Gasteiger partial charge on any atom is 0.257 e. The van der Waals surface area contributed by atoms with Crippen LogP contribution < -0.4 is 4.90 Å². The summed E-state index contributed by atoms with van der Waals surface area (Å²) in [4.78, 5) is 21.7. The lowest BCUT2D eigenvalue weighted by Gasteiger charge is -2.35. The second kappa shape index (κ2) is 9.32. The Morgan fingerprint density at radius 1 is 0.903 bits per heavy atom. The minimum absolute atomic E-state index is 0.0984. The van der Waals surface area contributed by atoms with Crippen LogP contribution in [-0.2, 0) is 10.0 Å². The summed E-state index contributed by atoms with van der Waals surface area (Å²) in [5, 5.41) is 0.496. The van der Waals surface area contributed by atoms with Gasteiger partial charge in [0, 0.05) is 45.5 Å². The molecule has 3 heterocycles. The van der Waals surface area contributed by atoms with Gasteiger partial charge in [0.25, 0.3) is 5.91 Å². The van der Waals surface area contributed by atoms with Gasteiger partial charge in [-0.1, -0.05) is 23.2 Å². The molecular formula is C21H24Cl2N4O3S. The third kappa shape index (κ3) is 4.67. The average molecular weight is 483 g/mol. The van der Waals surface area contributed by atoms with Gasteiger partial charge in [-0.25, -0.2) is 13.4 Å². The van der Waals surface area contributed by atoms with Crippen molar-refractivity contribution in [3.05, 3.63) is 52.1 Å². The molecule has 2 aliphatic rings. The highest BCUT2D eigenvalue weighted by Gasteiger charge is 2.32. The lowest BCUT2D eigenvalue weighted by molar-refractivity contribution is 0.0698. The van der Waals surface area contributed by atoms with E-state index in [1.807, 2.05) is 0 Å². The van der Waals surface area contributed by atoms with E-state index in [0.29, 0.717) is 23.7 Å². The minimum Gasteiger partial charge on any atom is -0.356 e. The fourth-order valence-corrected chi connectivity index (χ4v) is 5.82. The first kappa shape index (κ1) is 22.3. The number of nitrogens with zero attached hydrogens (tertiary/aromatic N) is 4. The Morgan fingerprint density at radius 2 is 1.61 bits per heavy atom. The van der Waals surface area contributed by atoms with Crippen molar-refractivity contribution >= 4 is 45.0 Å². The largest absolute Gasteiger partial charge is 0.356 e. The molecule has 1 aromatic heterocycles. The number of rotatable bonds is 4. The molecule has 0 N–H and O–H groups in total. The van der Waals surface area contributed by atoms with Gasteiger partial charge >= 0.3 is 0 Å². The number of sulfonamides is 1. The van der Waals surface area contributed by atoms with E-state index in [1.165, 1.54) is 28.9 Å². The number of anilines is 1. The fourth-order valence-electron chi connectivity index (χ4n) is 4.01. The van der Waals surface area contributed by atoms with Crippen LogP contribution in [0.3, 0.4) is 0 Å². The predicted molar refractivity (Wildman–Crippen MR) is 121 cm³/mol. The van der Waals surface area contributed by atoms with Gasteiger partial charge in [0.15, 0.2) is 0 Å². The number of amides is 1. The highest BCUT2D eigenvalue weighted by molar-refractivity contribution is 7.89. The molecule has 10 heteroatoms. The van der Waals surface area contributed by atoms with E-state index < -0.39 is 10.0 Å². The molecule has 0 radical (unpaired) electrons. The van der Waals surface area contributed by atoms with Gasteiger partial charge in [-0.05, 0) is 49.6 Å². The number of halogens is 2. The van der Waals surface area contributed by atoms with E-state index in [1.54, 1.807) is 23.2 Å². The molecule has 2 aliphatic heterocycles. The standard InChI is InChI=1S/C21H24Cl2N4O3S/c22-18-7-6-16(15-19(18)23)31(29,30)27-13-11-26(12-14-27)21(28)17-5-4-8-24-20(17)25-9-2-1-3-10-25/h4-8,15H,1-3,9-14H2. The smallest absolute Gasteiger partial charge is 0.257 e. The average Bonchev–Trinajstić information content (AvgIpc) is 2.81. The maximum atomic E-state index is 13.2. The van der Waals surface area contributed by atoms with Crippen molar-refractivity contribution in [2.45, 2.75) is 24.2 Å². The summed E-state index contributed by atoms with van der Waals surface area (Å²) in [5.74, 6) is 0.610. The molecule has 1 aromatic carbocycles. The van der Waals surface area contributed by atoms with Gasteiger partial charge in [-0.3, -0.25) is 4.79 Å². The lowest BCUT2D eigenvalue weighted by Crippen LogP contribution is -2.50. The molecule has 1 amide bonds. The Balaban J connectivity index is 1.47. The molecule has 7 nitrogen and oxygen atoms in total. The first-order chi connectivity index (χ1) is 14.9. The number of aromatic nitrogens is 1. The third-order valence-corrected chi connectivity index (χ3v) is 8.36. The summed E-state index contributed by atoms with van der Waals surface area (Å²) in [6.07, 6.45) is 5.09. The van der Waals surface area contributed by atoms with Crippen LogP contribution >= 0.6 is 23.2 Å². The highest BCUT2D eigenvalue weighted by atomic mass is 35.5. The predicted octanol–water partition coefficient (Wildman–Crippen LogP) is 3.53. The number of hydrogen-bond acceptors (Lipinski definition) is 5. The van der Waals surface area contributed by atoms with E-state index >= 15 is 0 Å². The first-order valence-electron chi connectivity index (χ1n) is 10.3. The zero-order valence-corrected chi connectivity index (χ0v) is 19.3. The van der Waals surface area contributed by atoms with Crippen LogP contribution in [0.25, 0.3) is 0 Å². The first-order valence-corrected chi connectivity index (χ1v) is 12.5. The number of pyridine rings is 1. The summed E-state index contributed by atoms with van der Waals surface area (Å²) in [7, 11) is -3.71. The van der Waals surface area contributed by atoms with Crippen LogP contribution in [0.2, 0.25) is 10.0 Å². The molecule has 166 valence electrons.